The van der Waals surface area contributed by atoms with Crippen LogP contribution in [-0.4, -0.2) is 29.4 Å². The van der Waals surface area contributed by atoms with Crippen LogP contribution in [0.15, 0.2) is 54.6 Å². The van der Waals surface area contributed by atoms with Crippen LogP contribution in [0, 0.1) is 0 Å². The first-order chi connectivity index (χ1) is 10.0. The SMILES string of the molecule is COc1ccccc1C(=O)Oc1ccccc1.O=C(O)O. The molecule has 2 N–H and O–H groups in total. The minimum absolute atomic E-state index is 0.416. The van der Waals surface area contributed by atoms with E-state index in [-0.39, 0.29) is 0 Å². The van der Waals surface area contributed by atoms with E-state index in [1.165, 1.54) is 7.11 Å². The molecule has 6 heteroatoms. The molecule has 0 aromatic heterocycles. The molecular weight excluding hydrogens is 276 g/mol. The number of hydrogen-bond donors (Lipinski definition) is 2. The number of benzene rings is 2. The predicted octanol–water partition coefficient (Wildman–Crippen LogP) is 3.14. The van der Waals surface area contributed by atoms with Crippen molar-refractivity contribution in [3.63, 3.8) is 0 Å². The maximum Gasteiger partial charge on any atom is 0.503 e. The number of carbonyl (C=O) groups is 2. The molecule has 6 nitrogen and oxygen atoms in total. The summed E-state index contributed by atoms with van der Waals surface area (Å²) in [5, 5.41) is 13.9. The third-order valence-corrected chi connectivity index (χ3v) is 2.28. The Balaban J connectivity index is 0.000000491. The van der Waals surface area contributed by atoms with Gasteiger partial charge in [0.15, 0.2) is 0 Å². The van der Waals surface area contributed by atoms with Gasteiger partial charge in [0.05, 0.1) is 7.11 Å². The van der Waals surface area contributed by atoms with Crippen molar-refractivity contribution in [2.24, 2.45) is 0 Å². The Morgan fingerprint density at radius 3 is 2.00 bits per heavy atom. The molecule has 0 amide bonds. The van der Waals surface area contributed by atoms with Crippen LogP contribution in [-0.2, 0) is 0 Å². The van der Waals surface area contributed by atoms with Crippen LogP contribution in [0.4, 0.5) is 4.79 Å². The maximum atomic E-state index is 11.9. The Morgan fingerprint density at radius 1 is 0.905 bits per heavy atom. The van der Waals surface area contributed by atoms with E-state index < -0.39 is 12.1 Å². The van der Waals surface area contributed by atoms with E-state index in [0.29, 0.717) is 17.1 Å². The number of ether oxygens (including phenoxy) is 2. The highest BCUT2D eigenvalue weighted by Crippen LogP contribution is 2.19. The minimum atomic E-state index is -1.83. The molecule has 0 radical (unpaired) electrons. The summed E-state index contributed by atoms with van der Waals surface area (Å²) in [6.45, 7) is 0. The second-order valence-electron chi connectivity index (χ2n) is 3.69. The maximum absolute atomic E-state index is 11.9. The number of hydrogen-bond acceptors (Lipinski definition) is 4. The van der Waals surface area contributed by atoms with Crippen molar-refractivity contribution in [2.75, 3.05) is 7.11 Å². The summed E-state index contributed by atoms with van der Waals surface area (Å²) in [5.74, 6) is 0.602. The lowest BCUT2D eigenvalue weighted by atomic mass is 10.2. The molecule has 0 saturated heterocycles. The zero-order valence-electron chi connectivity index (χ0n) is 11.2. The van der Waals surface area contributed by atoms with Crippen molar-refractivity contribution in [1.82, 2.24) is 0 Å². The Bertz CT molecular complexity index is 590. The minimum Gasteiger partial charge on any atom is -0.496 e. The van der Waals surface area contributed by atoms with Crippen LogP contribution in [0.1, 0.15) is 10.4 Å². The van der Waals surface area contributed by atoms with Gasteiger partial charge in [0.1, 0.15) is 17.1 Å². The Labute approximate surface area is 121 Å². The summed E-state index contributed by atoms with van der Waals surface area (Å²) in [5.41, 5.74) is 0.416. The van der Waals surface area contributed by atoms with Gasteiger partial charge < -0.3 is 19.7 Å². The molecule has 0 aliphatic heterocycles. The normalized spacial score (nSPS) is 9.00. The number of carboxylic acid groups (broad SMARTS) is 2. The predicted molar refractivity (Wildman–Crippen MR) is 75.0 cm³/mol. The molecule has 21 heavy (non-hydrogen) atoms. The molecule has 0 unspecified atom stereocenters. The molecule has 0 saturated carbocycles. The Hall–Kier alpha value is -3.02. The van der Waals surface area contributed by atoms with Crippen molar-refractivity contribution < 1.29 is 29.3 Å². The molecule has 110 valence electrons. The van der Waals surface area contributed by atoms with Gasteiger partial charge in [-0.1, -0.05) is 30.3 Å². The highest BCUT2D eigenvalue weighted by Gasteiger charge is 2.13. The summed E-state index contributed by atoms with van der Waals surface area (Å²) in [4.78, 5) is 20.4. The highest BCUT2D eigenvalue weighted by atomic mass is 16.6. The summed E-state index contributed by atoms with van der Waals surface area (Å²) < 4.78 is 10.3. The molecule has 2 rings (SSSR count). The molecule has 0 aliphatic rings. The molecule has 0 spiro atoms. The van der Waals surface area contributed by atoms with Crippen molar-refractivity contribution in [3.05, 3.63) is 60.2 Å². The van der Waals surface area contributed by atoms with Gasteiger partial charge in [-0.3, -0.25) is 0 Å². The van der Waals surface area contributed by atoms with E-state index in [1.54, 1.807) is 36.4 Å². The lowest BCUT2D eigenvalue weighted by molar-refractivity contribution is 0.0731. The largest absolute Gasteiger partial charge is 0.503 e. The summed E-state index contributed by atoms with van der Waals surface area (Å²) >= 11 is 0. The van der Waals surface area contributed by atoms with E-state index in [1.807, 2.05) is 18.2 Å². The molecule has 0 atom stereocenters. The lowest BCUT2D eigenvalue weighted by Gasteiger charge is -2.07. The second-order valence-corrected chi connectivity index (χ2v) is 3.69. The fraction of sp³-hybridized carbons (Fsp3) is 0.0667. The van der Waals surface area contributed by atoms with Gasteiger partial charge in [0.25, 0.3) is 0 Å². The van der Waals surface area contributed by atoms with Gasteiger partial charge in [-0.05, 0) is 24.3 Å². The zero-order valence-corrected chi connectivity index (χ0v) is 11.2. The highest BCUT2D eigenvalue weighted by molar-refractivity contribution is 5.93. The first-order valence-corrected chi connectivity index (χ1v) is 5.86. The number of esters is 1. The standard InChI is InChI=1S/C14H12O3.CH2O3/c1-16-13-10-6-5-9-12(13)14(15)17-11-7-3-2-4-8-11;2-1(3)4/h2-10H,1H3;(H2,2,3,4). The number of para-hydroxylation sites is 2. The lowest BCUT2D eigenvalue weighted by Crippen LogP contribution is -2.09. The monoisotopic (exact) mass is 290 g/mol. The third kappa shape index (κ3) is 5.65. The van der Waals surface area contributed by atoms with Crippen molar-refractivity contribution in [1.29, 1.82) is 0 Å². The smallest absolute Gasteiger partial charge is 0.496 e. The van der Waals surface area contributed by atoms with Crippen LogP contribution in [0.3, 0.4) is 0 Å². The van der Waals surface area contributed by atoms with Crippen LogP contribution < -0.4 is 9.47 Å². The Morgan fingerprint density at radius 2 is 1.43 bits per heavy atom. The van der Waals surface area contributed by atoms with E-state index in [2.05, 4.69) is 0 Å². The first-order valence-electron chi connectivity index (χ1n) is 5.86. The molecule has 0 heterocycles. The van der Waals surface area contributed by atoms with Crippen molar-refractivity contribution >= 4 is 12.1 Å². The third-order valence-electron chi connectivity index (χ3n) is 2.28. The number of rotatable bonds is 3. The molecule has 0 bridgehead atoms. The van der Waals surface area contributed by atoms with Gasteiger partial charge in [-0.15, -0.1) is 0 Å². The first kappa shape index (κ1) is 16.0. The quantitative estimate of drug-likeness (QED) is 0.666. The fourth-order valence-electron chi connectivity index (χ4n) is 1.46. The number of carbonyl (C=O) groups excluding carboxylic acids is 1. The zero-order chi connectivity index (χ0) is 15.7. The van der Waals surface area contributed by atoms with Gasteiger partial charge in [0.2, 0.25) is 0 Å². The van der Waals surface area contributed by atoms with Crippen LogP contribution in [0.5, 0.6) is 11.5 Å². The van der Waals surface area contributed by atoms with Gasteiger partial charge in [-0.2, -0.15) is 0 Å². The molecule has 0 aliphatic carbocycles. The van der Waals surface area contributed by atoms with Gasteiger partial charge >= 0.3 is 12.1 Å². The van der Waals surface area contributed by atoms with Crippen LogP contribution in [0.25, 0.3) is 0 Å². The van der Waals surface area contributed by atoms with Gasteiger partial charge in [-0.25, -0.2) is 9.59 Å². The molecule has 2 aromatic carbocycles. The van der Waals surface area contributed by atoms with Crippen LogP contribution in [0.2, 0.25) is 0 Å². The van der Waals surface area contributed by atoms with E-state index in [9.17, 15) is 4.79 Å². The summed E-state index contributed by atoms with van der Waals surface area (Å²) in [7, 11) is 1.52. The summed E-state index contributed by atoms with van der Waals surface area (Å²) in [6.07, 6.45) is -1.83. The Kier molecular flexibility index (Phi) is 6.27. The molecule has 2 aromatic rings. The second kappa shape index (κ2) is 8.21. The summed E-state index contributed by atoms with van der Waals surface area (Å²) in [6, 6.07) is 15.9. The topological polar surface area (TPSA) is 93.1 Å². The average Bonchev–Trinajstić information content (AvgIpc) is 2.47. The van der Waals surface area contributed by atoms with Crippen molar-refractivity contribution in [3.8, 4) is 11.5 Å². The van der Waals surface area contributed by atoms with E-state index in [0.717, 1.165) is 0 Å². The van der Waals surface area contributed by atoms with Gasteiger partial charge in [0, 0.05) is 0 Å². The van der Waals surface area contributed by atoms with Crippen LogP contribution >= 0.6 is 0 Å². The van der Waals surface area contributed by atoms with E-state index in [4.69, 9.17) is 24.5 Å². The molecule has 0 fully saturated rings. The van der Waals surface area contributed by atoms with E-state index >= 15 is 0 Å². The molecular formula is C15H14O6. The fourth-order valence-corrected chi connectivity index (χ4v) is 1.46. The van der Waals surface area contributed by atoms with Crippen molar-refractivity contribution in [2.45, 2.75) is 0 Å². The average molecular weight is 290 g/mol. The number of methoxy groups -OCH3 is 1.